The number of likely N-dealkylation sites (N-methyl/N-ethyl adjacent to an activating group) is 1. The van der Waals surface area contributed by atoms with E-state index in [1.54, 1.807) is 24.1 Å². The molecule has 1 amide bonds. The van der Waals surface area contributed by atoms with Gasteiger partial charge in [-0.2, -0.15) is 0 Å². The van der Waals surface area contributed by atoms with E-state index in [1.165, 1.54) is 17.4 Å². The summed E-state index contributed by atoms with van der Waals surface area (Å²) in [6, 6.07) is 10.5. The van der Waals surface area contributed by atoms with Gasteiger partial charge >= 0.3 is 0 Å². The number of fused-ring (bicyclic) bond motifs is 1. The summed E-state index contributed by atoms with van der Waals surface area (Å²) >= 11 is 1.41. The maximum absolute atomic E-state index is 13.8. The van der Waals surface area contributed by atoms with Crippen LogP contribution in [0.4, 0.5) is 16.5 Å². The predicted octanol–water partition coefficient (Wildman–Crippen LogP) is 5.61. The summed E-state index contributed by atoms with van der Waals surface area (Å²) in [7, 11) is 1.61. The highest BCUT2D eigenvalue weighted by Gasteiger charge is 2.27. The van der Waals surface area contributed by atoms with E-state index in [4.69, 9.17) is 9.72 Å². The van der Waals surface area contributed by atoms with Crippen molar-refractivity contribution in [2.75, 3.05) is 56.2 Å². The molecular weight excluding hydrogens is 514 g/mol. The van der Waals surface area contributed by atoms with Crippen molar-refractivity contribution in [1.82, 2.24) is 9.88 Å². The normalized spacial score (nSPS) is 13.5. The molecule has 1 aliphatic rings. The summed E-state index contributed by atoms with van der Waals surface area (Å²) < 4.78 is 6.25. The molecule has 0 unspecified atom stereocenters. The molecule has 1 aromatic heterocycles. The fourth-order valence-corrected chi connectivity index (χ4v) is 5.58. The topological polar surface area (TPSA) is 92.0 Å². The largest absolute Gasteiger partial charge is 0.497 e. The van der Waals surface area contributed by atoms with Crippen molar-refractivity contribution in [3.05, 3.63) is 52.1 Å². The van der Waals surface area contributed by atoms with E-state index in [2.05, 4.69) is 23.6 Å². The monoisotopic (exact) mass is 547 g/mol. The van der Waals surface area contributed by atoms with Crippen LogP contribution in [-0.2, 0) is 0 Å². The number of thiazole rings is 1. The van der Waals surface area contributed by atoms with Gasteiger partial charge in [0.1, 0.15) is 11.4 Å². The number of anilines is 2. The van der Waals surface area contributed by atoms with Gasteiger partial charge in [-0.05, 0) is 62.7 Å². The molecule has 0 atom stereocenters. The lowest BCUT2D eigenvalue weighted by atomic mass is 10.1. The van der Waals surface area contributed by atoms with Crippen LogP contribution in [-0.4, -0.2) is 67.1 Å². The van der Waals surface area contributed by atoms with Crippen LogP contribution in [0.15, 0.2) is 36.4 Å². The number of rotatable bonds is 10. The number of nitro groups is 1. The van der Waals surface area contributed by atoms with Crippen LogP contribution in [0.2, 0.25) is 0 Å². The van der Waals surface area contributed by atoms with Crippen LogP contribution in [0.5, 0.6) is 5.75 Å². The lowest BCUT2D eigenvalue weighted by Crippen LogP contribution is -2.39. The number of methoxy groups -OCH3 is 1. The molecule has 0 radical (unpaired) electrons. The first-order valence-electron chi connectivity index (χ1n) is 12.5. The minimum absolute atomic E-state index is 0. The Kier molecular flexibility index (Phi) is 10.1. The zero-order valence-electron chi connectivity index (χ0n) is 21.5. The minimum Gasteiger partial charge on any atom is -0.497 e. The van der Waals surface area contributed by atoms with E-state index in [0.717, 1.165) is 61.4 Å². The number of hydrogen-bond donors (Lipinski definition) is 0. The van der Waals surface area contributed by atoms with Gasteiger partial charge in [0.2, 0.25) is 0 Å². The van der Waals surface area contributed by atoms with Gasteiger partial charge in [-0.1, -0.05) is 25.2 Å². The molecule has 0 bridgehead atoms. The molecule has 9 nitrogen and oxygen atoms in total. The Balaban J connectivity index is 0.00000380. The highest BCUT2D eigenvalue weighted by molar-refractivity contribution is 7.22. The van der Waals surface area contributed by atoms with Crippen molar-refractivity contribution in [3.63, 3.8) is 0 Å². The lowest BCUT2D eigenvalue weighted by molar-refractivity contribution is -0.384. The molecule has 200 valence electrons. The fourth-order valence-electron chi connectivity index (χ4n) is 4.56. The molecule has 2 heterocycles. The molecule has 0 N–H and O–H groups in total. The van der Waals surface area contributed by atoms with E-state index in [0.29, 0.717) is 29.5 Å². The van der Waals surface area contributed by atoms with Crippen LogP contribution in [0, 0.1) is 10.1 Å². The number of aromatic nitrogens is 1. The number of carbonyl (C=O) groups is 1. The summed E-state index contributed by atoms with van der Waals surface area (Å²) in [6.07, 6.45) is 3.16. The number of nitrogens with zero attached hydrogens (tertiary/aromatic N) is 5. The molecular formula is C26H34ClN5O4S. The van der Waals surface area contributed by atoms with Crippen LogP contribution in [0.1, 0.15) is 43.5 Å². The Hall–Kier alpha value is -2.95. The fraction of sp³-hybridized carbons (Fsp3) is 0.462. The smallest absolute Gasteiger partial charge is 0.293 e. The Morgan fingerprint density at radius 3 is 2.49 bits per heavy atom. The number of carbonyl (C=O) groups excluding carboxylic acids is 1. The number of ether oxygens (including phenoxy) is 1. The van der Waals surface area contributed by atoms with Crippen LogP contribution in [0.25, 0.3) is 10.2 Å². The Morgan fingerprint density at radius 1 is 1.11 bits per heavy atom. The van der Waals surface area contributed by atoms with Gasteiger partial charge in [0.05, 0.1) is 22.2 Å². The van der Waals surface area contributed by atoms with E-state index in [9.17, 15) is 14.9 Å². The first kappa shape index (κ1) is 28.6. The molecule has 0 saturated carbocycles. The summed E-state index contributed by atoms with van der Waals surface area (Å²) in [5, 5.41) is 12.5. The number of amides is 1. The minimum atomic E-state index is -0.384. The first-order valence-corrected chi connectivity index (χ1v) is 13.3. The zero-order chi connectivity index (χ0) is 25.7. The van der Waals surface area contributed by atoms with E-state index in [1.807, 2.05) is 18.2 Å². The molecule has 3 aromatic rings. The Morgan fingerprint density at radius 2 is 1.84 bits per heavy atom. The van der Waals surface area contributed by atoms with Gasteiger partial charge in [0.25, 0.3) is 11.6 Å². The molecule has 11 heteroatoms. The van der Waals surface area contributed by atoms with Gasteiger partial charge in [0.15, 0.2) is 5.13 Å². The summed E-state index contributed by atoms with van der Waals surface area (Å²) in [4.78, 5) is 36.1. The van der Waals surface area contributed by atoms with Crippen molar-refractivity contribution in [3.8, 4) is 5.75 Å². The predicted molar refractivity (Wildman–Crippen MR) is 152 cm³/mol. The van der Waals surface area contributed by atoms with Crippen molar-refractivity contribution >= 4 is 56.4 Å². The number of nitro benzene ring substituents is 1. The van der Waals surface area contributed by atoms with Crippen molar-refractivity contribution in [2.24, 2.45) is 0 Å². The van der Waals surface area contributed by atoms with E-state index >= 15 is 0 Å². The van der Waals surface area contributed by atoms with Gasteiger partial charge in [-0.3, -0.25) is 19.8 Å². The number of halogens is 1. The average Bonchev–Trinajstić information content (AvgIpc) is 3.34. The van der Waals surface area contributed by atoms with Crippen molar-refractivity contribution in [1.29, 1.82) is 0 Å². The Labute approximate surface area is 227 Å². The lowest BCUT2D eigenvalue weighted by Gasteiger charge is -2.28. The Bertz CT molecular complexity index is 1230. The standard InChI is InChI=1S/C26H33N5O4S.ClH/c1-4-28(5-2)15-16-30(26-27-21-11-10-20(35-3)18-24(21)36-26)25(32)19-9-12-22(23(17-19)31(33)34)29-13-7-6-8-14-29;/h9-12,17-18H,4-8,13-16H2,1-3H3;1H. The summed E-state index contributed by atoms with van der Waals surface area (Å²) in [5.41, 5.74) is 1.63. The number of benzene rings is 2. The van der Waals surface area contributed by atoms with Gasteiger partial charge < -0.3 is 14.5 Å². The van der Waals surface area contributed by atoms with Crippen molar-refractivity contribution in [2.45, 2.75) is 33.1 Å². The maximum Gasteiger partial charge on any atom is 0.293 e. The molecule has 1 fully saturated rings. The molecule has 1 saturated heterocycles. The molecule has 4 rings (SSSR count). The number of piperidine rings is 1. The second-order valence-corrected chi connectivity index (χ2v) is 9.83. The van der Waals surface area contributed by atoms with Crippen LogP contribution in [0.3, 0.4) is 0 Å². The van der Waals surface area contributed by atoms with Crippen molar-refractivity contribution < 1.29 is 14.5 Å². The third-order valence-electron chi connectivity index (χ3n) is 6.71. The van der Waals surface area contributed by atoms with E-state index in [-0.39, 0.29) is 28.9 Å². The van der Waals surface area contributed by atoms with Gasteiger partial charge in [-0.15, -0.1) is 12.4 Å². The second-order valence-electron chi connectivity index (χ2n) is 8.82. The molecule has 0 spiro atoms. The highest BCUT2D eigenvalue weighted by Crippen LogP contribution is 2.34. The molecule has 37 heavy (non-hydrogen) atoms. The highest BCUT2D eigenvalue weighted by atomic mass is 35.5. The number of hydrogen-bond acceptors (Lipinski definition) is 8. The zero-order valence-corrected chi connectivity index (χ0v) is 23.1. The third-order valence-corrected chi connectivity index (χ3v) is 7.75. The van der Waals surface area contributed by atoms with Crippen LogP contribution >= 0.6 is 23.7 Å². The SMILES string of the molecule is CCN(CC)CCN(C(=O)c1ccc(N2CCCCC2)c([N+](=O)[O-])c1)c1nc2ccc(OC)cc2s1.Cl. The van der Waals surface area contributed by atoms with Crippen LogP contribution < -0.4 is 14.5 Å². The molecule has 0 aliphatic carbocycles. The quantitative estimate of drug-likeness (QED) is 0.240. The summed E-state index contributed by atoms with van der Waals surface area (Å²) in [5.74, 6) is 0.434. The third kappa shape index (κ3) is 6.49. The molecule has 2 aromatic carbocycles. The average molecular weight is 548 g/mol. The first-order chi connectivity index (χ1) is 17.4. The maximum atomic E-state index is 13.8. The van der Waals surface area contributed by atoms with Gasteiger partial charge in [0, 0.05) is 37.8 Å². The van der Waals surface area contributed by atoms with E-state index < -0.39 is 0 Å². The summed E-state index contributed by atoms with van der Waals surface area (Å²) in [6.45, 7) is 8.59. The van der Waals surface area contributed by atoms with Gasteiger partial charge in [-0.25, -0.2) is 4.98 Å². The molecule has 1 aliphatic heterocycles. The second kappa shape index (κ2) is 13.0.